The summed E-state index contributed by atoms with van der Waals surface area (Å²) in [5.74, 6) is -0.608. The predicted octanol–water partition coefficient (Wildman–Crippen LogP) is 16.0. The van der Waals surface area contributed by atoms with Gasteiger partial charge >= 0.3 is 23.9 Å². The van der Waals surface area contributed by atoms with Crippen LogP contribution in [0, 0.1) is 28.6 Å². The highest BCUT2D eigenvalue weighted by Gasteiger charge is 2.82. The fourth-order valence-electron chi connectivity index (χ4n) is 15.9. The first-order valence-electron chi connectivity index (χ1n) is 34.0. The van der Waals surface area contributed by atoms with E-state index in [1.807, 2.05) is 19.9 Å². The predicted molar refractivity (Wildman–Crippen MR) is 325 cm³/mol. The number of methoxy groups -OCH3 is 1. The fraction of sp³-hybridized carbons (Fsp3) is 0.857. The molecule has 1 aromatic carbocycles. The lowest BCUT2D eigenvalue weighted by Gasteiger charge is -2.75. The molecular weight excluding hydrogens is 1030 g/mol. The Balaban J connectivity index is 0.913. The van der Waals surface area contributed by atoms with Gasteiger partial charge in [0, 0.05) is 67.7 Å². The Morgan fingerprint density at radius 1 is 0.671 bits per heavy atom. The molecule has 0 aromatic heterocycles. The lowest BCUT2D eigenvalue weighted by molar-refractivity contribution is -0.312. The Hall–Kier alpha value is -3.22. The molecule has 7 aliphatic rings. The number of aliphatic hydroxyl groups is 1. The van der Waals surface area contributed by atoms with Crippen molar-refractivity contribution in [3.63, 3.8) is 0 Å². The molecule has 82 heavy (non-hydrogen) atoms. The van der Waals surface area contributed by atoms with E-state index in [0.29, 0.717) is 17.5 Å². The second-order valence-electron chi connectivity index (χ2n) is 28.2. The van der Waals surface area contributed by atoms with Gasteiger partial charge in [0.15, 0.2) is 17.6 Å². The van der Waals surface area contributed by atoms with Crippen LogP contribution in [0.25, 0.3) is 0 Å². The van der Waals surface area contributed by atoms with Gasteiger partial charge in [0.1, 0.15) is 24.9 Å². The van der Waals surface area contributed by atoms with Crippen LogP contribution in [0.1, 0.15) is 291 Å². The highest BCUT2D eigenvalue weighted by atomic mass is 16.6. The molecule has 3 unspecified atom stereocenters. The smallest absolute Gasteiger partial charge is 0.311 e. The van der Waals surface area contributed by atoms with Gasteiger partial charge in [-0.3, -0.25) is 24.1 Å². The van der Waals surface area contributed by atoms with Crippen molar-refractivity contribution >= 4 is 23.9 Å². The van der Waals surface area contributed by atoms with Crippen molar-refractivity contribution in [1.82, 2.24) is 4.90 Å². The summed E-state index contributed by atoms with van der Waals surface area (Å²) in [4.78, 5) is 56.4. The number of hydrogen-bond donors (Lipinski definition) is 1. The van der Waals surface area contributed by atoms with Crippen LogP contribution in [0.3, 0.4) is 0 Å². The van der Waals surface area contributed by atoms with Crippen LogP contribution in [0.15, 0.2) is 12.1 Å². The van der Waals surface area contributed by atoms with E-state index >= 15 is 0 Å². The lowest BCUT2D eigenvalue weighted by Crippen LogP contribution is -2.83. The molecule has 8 atom stereocenters. The molecule has 0 amide bonds. The van der Waals surface area contributed by atoms with Crippen molar-refractivity contribution in [2.45, 2.75) is 321 Å². The maximum atomic E-state index is 14.0. The van der Waals surface area contributed by atoms with Gasteiger partial charge in [-0.05, 0) is 100 Å². The average molecular weight is 1150 g/mol. The van der Waals surface area contributed by atoms with Crippen LogP contribution < -0.4 is 9.47 Å². The fourth-order valence-corrected chi connectivity index (χ4v) is 15.9. The van der Waals surface area contributed by atoms with Crippen LogP contribution in [0.4, 0.5) is 0 Å². The molecular formula is C70H115NO11. The van der Waals surface area contributed by atoms with E-state index in [0.717, 1.165) is 89.6 Å². The van der Waals surface area contributed by atoms with Gasteiger partial charge in [-0.25, -0.2) is 0 Å². The molecule has 4 bridgehead atoms. The molecule has 1 N–H and O–H groups in total. The maximum Gasteiger partial charge on any atom is 0.311 e. The van der Waals surface area contributed by atoms with E-state index < -0.39 is 40.6 Å². The van der Waals surface area contributed by atoms with E-state index in [-0.39, 0.29) is 73.7 Å². The summed E-state index contributed by atoms with van der Waals surface area (Å²) in [5.41, 5.74) is -0.281. The van der Waals surface area contributed by atoms with E-state index in [4.69, 9.17) is 28.4 Å². The Labute approximate surface area is 497 Å². The largest absolute Gasteiger partial charge is 0.482 e. The number of nitrogens with zero attached hydrogens (tertiary/aromatic N) is 1. The number of unbranched alkanes of at least 4 members (excludes halogenated alkanes) is 24. The van der Waals surface area contributed by atoms with Crippen molar-refractivity contribution in [3.05, 3.63) is 23.3 Å². The van der Waals surface area contributed by atoms with Gasteiger partial charge in [0.2, 0.25) is 0 Å². The number of hydrogen-bond acceptors (Lipinski definition) is 12. The topological polar surface area (TPSA) is 147 Å². The number of esters is 4. The van der Waals surface area contributed by atoms with Crippen LogP contribution in [-0.2, 0) is 50.0 Å². The zero-order chi connectivity index (χ0) is 58.8. The normalized spacial score (nSPS) is 25.3. The summed E-state index contributed by atoms with van der Waals surface area (Å²) < 4.78 is 37.6. The summed E-state index contributed by atoms with van der Waals surface area (Å²) >= 11 is 0. The third-order valence-electron chi connectivity index (χ3n) is 21.2. The number of likely N-dealkylation sites (tertiary alicyclic amines) is 1. The molecule has 0 radical (unpaired) electrons. The molecule has 2 spiro atoms. The van der Waals surface area contributed by atoms with Crippen LogP contribution in [0.5, 0.6) is 11.5 Å². The molecule has 12 nitrogen and oxygen atoms in total. The number of fused-ring (bicyclic) bond motifs is 2. The van der Waals surface area contributed by atoms with Crippen molar-refractivity contribution in [2.75, 3.05) is 33.4 Å². The Morgan fingerprint density at radius 2 is 1.17 bits per heavy atom. The molecule has 12 heteroatoms. The van der Waals surface area contributed by atoms with Gasteiger partial charge in [-0.15, -0.1) is 0 Å². The van der Waals surface area contributed by atoms with Crippen LogP contribution >= 0.6 is 0 Å². The minimum atomic E-state index is -1.05. The molecule has 1 aromatic rings. The van der Waals surface area contributed by atoms with Gasteiger partial charge in [-0.2, -0.15) is 0 Å². The number of carbonyl (C=O) groups is 4. The van der Waals surface area contributed by atoms with Gasteiger partial charge in [0.05, 0.1) is 5.60 Å². The summed E-state index contributed by atoms with van der Waals surface area (Å²) in [5, 5.41) is 12.7. The standard InChI is InChI=1S/C70H115NO11/c1-9-11-13-15-17-19-21-23-25-27-29-31-33-35-59(72)78-50-55(51-79-60(73)36-34-32-30-28-26-24-22-20-18-16-14-12-10-2)80-61(74)45-52(3)46-62(75)81-56-40-39-54-47-58-68-41-42-70(77-8,57(48-68)67(7,76)66(4,5)6)65-69(68,63(54)64(56)82-65)43-44-71(58)49-53-37-38-53/h39-40,52-53,55,57-58,65,76H,9-38,41-51H2,1-8H3/t52?,57-,58?,65-,67+,68-,69+,70?/m1/s1. The lowest BCUT2D eigenvalue weighted by atomic mass is 9.33. The quantitative estimate of drug-likeness (QED) is 0.0288. The Morgan fingerprint density at radius 3 is 1.66 bits per heavy atom. The molecule has 2 heterocycles. The highest BCUT2D eigenvalue weighted by Crippen LogP contribution is 2.78. The van der Waals surface area contributed by atoms with Gasteiger partial charge < -0.3 is 33.5 Å². The number of piperidine rings is 1. The second-order valence-corrected chi connectivity index (χ2v) is 28.2. The first kappa shape index (κ1) is 66.3. The minimum Gasteiger partial charge on any atom is -0.482 e. The van der Waals surface area contributed by atoms with Gasteiger partial charge in [-0.1, -0.05) is 202 Å². The minimum absolute atomic E-state index is 0.0479. The molecule has 5 fully saturated rings. The first-order valence-corrected chi connectivity index (χ1v) is 34.0. The van der Waals surface area contributed by atoms with Crippen molar-refractivity contribution in [1.29, 1.82) is 0 Å². The monoisotopic (exact) mass is 1150 g/mol. The van der Waals surface area contributed by atoms with E-state index in [1.54, 1.807) is 7.11 Å². The Bertz CT molecular complexity index is 2120. The third kappa shape index (κ3) is 16.4. The molecule has 5 aliphatic carbocycles. The van der Waals surface area contributed by atoms with Crippen LogP contribution in [-0.4, -0.2) is 96.7 Å². The number of ether oxygens (including phenoxy) is 6. The summed E-state index contributed by atoms with van der Waals surface area (Å²) in [6.45, 7) is 16.4. The third-order valence-corrected chi connectivity index (χ3v) is 21.2. The molecule has 1 saturated heterocycles. The van der Waals surface area contributed by atoms with E-state index in [1.165, 1.54) is 152 Å². The molecule has 2 aliphatic heterocycles. The molecule has 4 saturated carbocycles. The summed E-state index contributed by atoms with van der Waals surface area (Å²) in [6.07, 6.45) is 37.7. The number of rotatable bonds is 42. The number of carbonyl (C=O) groups excluding carboxylic acids is 4. The van der Waals surface area contributed by atoms with E-state index in [2.05, 4.69) is 45.6 Å². The van der Waals surface area contributed by atoms with Crippen molar-refractivity contribution in [2.24, 2.45) is 28.6 Å². The number of benzene rings is 1. The average Bonchev–Trinajstić information content (AvgIpc) is 1.55. The zero-order valence-corrected chi connectivity index (χ0v) is 53.1. The molecule has 466 valence electrons. The second kappa shape index (κ2) is 31.4. The summed E-state index contributed by atoms with van der Waals surface area (Å²) in [6, 6.07) is 4.36. The van der Waals surface area contributed by atoms with Gasteiger partial charge in [0.25, 0.3) is 0 Å². The summed E-state index contributed by atoms with van der Waals surface area (Å²) in [7, 11) is 1.80. The van der Waals surface area contributed by atoms with E-state index in [9.17, 15) is 24.3 Å². The maximum absolute atomic E-state index is 14.0. The Kier molecular flexibility index (Phi) is 25.4. The first-order chi connectivity index (χ1) is 39.5. The van der Waals surface area contributed by atoms with Crippen LogP contribution in [0.2, 0.25) is 0 Å². The zero-order valence-electron chi connectivity index (χ0n) is 53.1. The SMILES string of the molecule is CCCCCCCCCCCCCCCC(=O)OCC(COC(=O)CCCCCCCCCCCCCCC)OC(=O)CC(C)CC(=O)Oc1ccc2c3c1O[C@H]1C4(OC)CC[C@@]5(C[C@@H]4[C@](C)(O)C(C)(C)C)C(C2)N(CC2CC2)CC[C@]315. The van der Waals surface area contributed by atoms with Crippen molar-refractivity contribution < 1.29 is 52.7 Å². The van der Waals surface area contributed by atoms with Crippen molar-refractivity contribution in [3.8, 4) is 11.5 Å². The molecule has 8 rings (SSSR count). The highest BCUT2D eigenvalue weighted by molar-refractivity contribution is 5.77.